The van der Waals surface area contributed by atoms with Gasteiger partial charge in [0.25, 0.3) is 0 Å². The van der Waals surface area contributed by atoms with Crippen molar-refractivity contribution in [3.8, 4) is 6.07 Å². The normalized spacial score (nSPS) is 24.0. The topological polar surface area (TPSA) is 93.5 Å². The van der Waals surface area contributed by atoms with Crippen molar-refractivity contribution in [1.29, 1.82) is 5.26 Å². The monoisotopic (exact) mass is 344 g/mol. The maximum Gasteiger partial charge on any atom is 0.239 e. The van der Waals surface area contributed by atoms with E-state index in [1.165, 1.54) is 10.6 Å². The van der Waals surface area contributed by atoms with Crippen LogP contribution in [0.4, 0.5) is 0 Å². The van der Waals surface area contributed by atoms with Crippen molar-refractivity contribution in [2.24, 2.45) is 5.92 Å². The van der Waals surface area contributed by atoms with E-state index in [1.54, 1.807) is 11.9 Å². The first-order valence-corrected chi connectivity index (χ1v) is 9.88. The second-order valence-electron chi connectivity index (χ2n) is 6.24. The van der Waals surface area contributed by atoms with Gasteiger partial charge in [0.05, 0.1) is 24.8 Å². The van der Waals surface area contributed by atoms with Crippen LogP contribution < -0.4 is 5.32 Å². The van der Waals surface area contributed by atoms with Gasteiger partial charge >= 0.3 is 0 Å². The Morgan fingerprint density at radius 1 is 1.52 bits per heavy atom. The second-order valence-corrected chi connectivity index (χ2v) is 8.22. The van der Waals surface area contributed by atoms with Gasteiger partial charge in [0, 0.05) is 32.7 Å². The van der Waals surface area contributed by atoms with Crippen molar-refractivity contribution >= 4 is 15.9 Å². The van der Waals surface area contributed by atoms with Gasteiger partial charge in [0.1, 0.15) is 0 Å². The number of carbonyl (C=O) groups is 1. The maximum atomic E-state index is 12.3. The summed E-state index contributed by atoms with van der Waals surface area (Å²) in [6.45, 7) is 5.26. The van der Waals surface area contributed by atoms with Crippen molar-refractivity contribution in [3.05, 3.63) is 0 Å². The fraction of sp³-hybridized carbons (Fsp3) is 0.867. The molecule has 0 aromatic rings. The Morgan fingerprint density at radius 2 is 2.17 bits per heavy atom. The standard InChI is InChI=1S/C15H28N4O3S/c1-5-13-11-19(23(4,21)22)10-7-14(13)17-12(2)15(20)18(3)9-6-8-16/h12-14,17H,5-7,9-11H2,1-4H3/t12-,13+,14+/m0/s1. The molecule has 0 aliphatic carbocycles. The lowest BCUT2D eigenvalue weighted by atomic mass is 9.90. The molecule has 1 N–H and O–H groups in total. The molecule has 0 spiro atoms. The minimum Gasteiger partial charge on any atom is -0.343 e. The Kier molecular flexibility index (Phi) is 7.45. The van der Waals surface area contributed by atoms with Gasteiger partial charge in [0.15, 0.2) is 0 Å². The lowest BCUT2D eigenvalue weighted by Gasteiger charge is -2.39. The highest BCUT2D eigenvalue weighted by Crippen LogP contribution is 2.22. The number of hydrogen-bond donors (Lipinski definition) is 1. The van der Waals surface area contributed by atoms with Gasteiger partial charge in [-0.2, -0.15) is 5.26 Å². The van der Waals surface area contributed by atoms with E-state index in [1.807, 2.05) is 19.9 Å². The number of carbonyl (C=O) groups excluding carboxylic acids is 1. The van der Waals surface area contributed by atoms with Crippen LogP contribution in [0.15, 0.2) is 0 Å². The van der Waals surface area contributed by atoms with Crippen molar-refractivity contribution in [1.82, 2.24) is 14.5 Å². The van der Waals surface area contributed by atoms with E-state index in [4.69, 9.17) is 5.26 Å². The molecule has 0 aromatic heterocycles. The van der Waals surface area contributed by atoms with Crippen molar-refractivity contribution < 1.29 is 13.2 Å². The zero-order chi connectivity index (χ0) is 17.6. The van der Waals surface area contributed by atoms with Gasteiger partial charge in [-0.15, -0.1) is 0 Å². The Hall–Kier alpha value is -1.17. The van der Waals surface area contributed by atoms with E-state index >= 15 is 0 Å². The highest BCUT2D eigenvalue weighted by molar-refractivity contribution is 7.88. The summed E-state index contributed by atoms with van der Waals surface area (Å²) in [5, 5.41) is 11.9. The Labute approximate surface area is 139 Å². The summed E-state index contributed by atoms with van der Waals surface area (Å²) < 4.78 is 24.9. The van der Waals surface area contributed by atoms with Gasteiger partial charge in [-0.1, -0.05) is 13.3 Å². The molecule has 0 saturated carbocycles. The molecule has 1 amide bonds. The molecule has 7 nitrogen and oxygen atoms in total. The van der Waals surface area contributed by atoms with Crippen LogP contribution in [0.2, 0.25) is 0 Å². The fourth-order valence-electron chi connectivity index (χ4n) is 2.98. The third-order valence-electron chi connectivity index (χ3n) is 4.46. The molecule has 1 aliphatic rings. The number of likely N-dealkylation sites (N-methyl/N-ethyl adjacent to an activating group) is 1. The van der Waals surface area contributed by atoms with E-state index in [0.29, 0.717) is 32.5 Å². The molecule has 132 valence electrons. The van der Waals surface area contributed by atoms with Gasteiger partial charge in [-0.05, 0) is 19.3 Å². The smallest absolute Gasteiger partial charge is 0.239 e. The second kappa shape index (κ2) is 8.62. The first kappa shape index (κ1) is 19.9. The van der Waals surface area contributed by atoms with Gasteiger partial charge in [-0.25, -0.2) is 12.7 Å². The molecular weight excluding hydrogens is 316 g/mol. The number of nitrogens with one attached hydrogen (secondary N) is 1. The quantitative estimate of drug-likeness (QED) is 0.721. The predicted molar refractivity (Wildman–Crippen MR) is 89.1 cm³/mol. The average Bonchev–Trinajstić information content (AvgIpc) is 2.50. The van der Waals surface area contributed by atoms with Gasteiger partial charge < -0.3 is 10.2 Å². The SMILES string of the molecule is CC[C@@H]1CN(S(C)(=O)=O)CC[C@H]1N[C@@H](C)C(=O)N(C)CCC#N. The number of piperidine rings is 1. The molecular formula is C15H28N4O3S. The highest BCUT2D eigenvalue weighted by atomic mass is 32.2. The molecule has 0 bridgehead atoms. The van der Waals surface area contributed by atoms with Crippen LogP contribution in [0, 0.1) is 17.2 Å². The van der Waals surface area contributed by atoms with Crippen molar-refractivity contribution in [2.75, 3.05) is 32.9 Å². The summed E-state index contributed by atoms with van der Waals surface area (Å²) >= 11 is 0. The zero-order valence-corrected chi connectivity index (χ0v) is 15.3. The minimum absolute atomic E-state index is 0.0411. The van der Waals surface area contributed by atoms with Crippen LogP contribution in [0.25, 0.3) is 0 Å². The first-order valence-electron chi connectivity index (χ1n) is 8.03. The number of hydrogen-bond acceptors (Lipinski definition) is 5. The lowest BCUT2D eigenvalue weighted by Crippen LogP contribution is -2.55. The highest BCUT2D eigenvalue weighted by Gasteiger charge is 2.33. The van der Waals surface area contributed by atoms with Gasteiger partial charge in [-0.3, -0.25) is 4.79 Å². The van der Waals surface area contributed by atoms with Crippen LogP contribution in [-0.2, 0) is 14.8 Å². The van der Waals surface area contributed by atoms with E-state index in [0.717, 1.165) is 6.42 Å². The zero-order valence-electron chi connectivity index (χ0n) is 14.4. The summed E-state index contributed by atoms with van der Waals surface area (Å²) in [7, 11) is -1.47. The van der Waals surface area contributed by atoms with Crippen molar-refractivity contribution in [2.45, 2.75) is 45.2 Å². The average molecular weight is 344 g/mol. The summed E-state index contributed by atoms with van der Waals surface area (Å²) in [6, 6.07) is 1.81. The molecule has 1 aliphatic heterocycles. The van der Waals surface area contributed by atoms with Gasteiger partial charge in [0.2, 0.25) is 15.9 Å². The molecule has 1 heterocycles. The number of amides is 1. The Balaban J connectivity index is 2.62. The molecule has 0 radical (unpaired) electrons. The summed E-state index contributed by atoms with van der Waals surface area (Å²) in [5.74, 6) is 0.152. The van der Waals surface area contributed by atoms with E-state index < -0.39 is 10.0 Å². The summed E-state index contributed by atoms with van der Waals surface area (Å²) in [6.07, 6.45) is 3.11. The van der Waals surface area contributed by atoms with E-state index in [9.17, 15) is 13.2 Å². The van der Waals surface area contributed by atoms with Crippen LogP contribution in [0.5, 0.6) is 0 Å². The molecule has 1 fully saturated rings. The Bertz CT molecular complexity index is 543. The molecule has 23 heavy (non-hydrogen) atoms. The molecule has 0 aromatic carbocycles. The summed E-state index contributed by atoms with van der Waals surface area (Å²) in [5.41, 5.74) is 0. The van der Waals surface area contributed by atoms with Crippen molar-refractivity contribution in [3.63, 3.8) is 0 Å². The van der Waals surface area contributed by atoms with E-state index in [-0.39, 0.29) is 23.9 Å². The minimum atomic E-state index is -3.16. The van der Waals surface area contributed by atoms with Crippen LogP contribution in [-0.4, -0.2) is 68.6 Å². The van der Waals surface area contributed by atoms with Crippen LogP contribution in [0.3, 0.4) is 0 Å². The van der Waals surface area contributed by atoms with Crippen LogP contribution >= 0.6 is 0 Å². The Morgan fingerprint density at radius 3 is 2.70 bits per heavy atom. The third-order valence-corrected chi connectivity index (χ3v) is 5.73. The molecule has 3 atom stereocenters. The number of rotatable bonds is 7. The number of sulfonamides is 1. The number of nitriles is 1. The number of nitrogens with zero attached hydrogens (tertiary/aromatic N) is 3. The largest absolute Gasteiger partial charge is 0.343 e. The fourth-order valence-corrected chi connectivity index (χ4v) is 3.88. The summed E-state index contributed by atoms with van der Waals surface area (Å²) in [4.78, 5) is 13.9. The predicted octanol–water partition coefficient (Wildman–Crippen LogP) is 0.397. The first-order chi connectivity index (χ1) is 10.7. The molecule has 1 rings (SSSR count). The lowest BCUT2D eigenvalue weighted by molar-refractivity contribution is -0.132. The van der Waals surface area contributed by atoms with E-state index in [2.05, 4.69) is 5.32 Å². The molecule has 8 heteroatoms. The van der Waals surface area contributed by atoms with Crippen LogP contribution in [0.1, 0.15) is 33.1 Å². The molecule has 1 saturated heterocycles. The maximum absolute atomic E-state index is 12.3. The molecule has 0 unspecified atom stereocenters. The third kappa shape index (κ3) is 5.75.